The monoisotopic (exact) mass is 428 g/mol. The van der Waals surface area contributed by atoms with Crippen LogP contribution in [0.15, 0.2) is 66.7 Å². The molecule has 0 unspecified atom stereocenters. The summed E-state index contributed by atoms with van der Waals surface area (Å²) in [5.74, 6) is 0.967. The lowest BCUT2D eigenvalue weighted by Crippen LogP contribution is -2.38. The van der Waals surface area contributed by atoms with Crippen molar-refractivity contribution >= 4 is 11.6 Å². The molecule has 3 aromatic carbocycles. The summed E-state index contributed by atoms with van der Waals surface area (Å²) in [6.45, 7) is 7.17. The highest BCUT2D eigenvalue weighted by Crippen LogP contribution is 2.31. The summed E-state index contributed by atoms with van der Waals surface area (Å²) in [5, 5.41) is 3.20. The predicted octanol–water partition coefficient (Wildman–Crippen LogP) is 5.83. The van der Waals surface area contributed by atoms with Gasteiger partial charge in [0.25, 0.3) is 0 Å². The van der Waals surface area contributed by atoms with Gasteiger partial charge in [0.15, 0.2) is 0 Å². The summed E-state index contributed by atoms with van der Waals surface area (Å²) >= 11 is 0. The summed E-state index contributed by atoms with van der Waals surface area (Å²) < 4.78 is 5.37. The second-order valence-corrected chi connectivity index (χ2v) is 8.75. The van der Waals surface area contributed by atoms with Gasteiger partial charge in [-0.2, -0.15) is 0 Å². The normalized spacial score (nSPS) is 14.8. The van der Waals surface area contributed by atoms with Crippen molar-refractivity contribution in [2.75, 3.05) is 25.5 Å². The Balaban J connectivity index is 1.39. The zero-order chi connectivity index (χ0) is 22.5. The Morgan fingerprint density at radius 2 is 1.78 bits per heavy atom. The molecule has 166 valence electrons. The lowest BCUT2D eigenvalue weighted by Gasteiger charge is -2.32. The molecule has 32 heavy (non-hydrogen) atoms. The van der Waals surface area contributed by atoms with Crippen molar-refractivity contribution in [1.82, 2.24) is 4.90 Å². The molecular weight excluding hydrogens is 396 g/mol. The van der Waals surface area contributed by atoms with Crippen molar-refractivity contribution < 1.29 is 9.53 Å². The topological polar surface area (TPSA) is 41.6 Å². The van der Waals surface area contributed by atoms with E-state index in [9.17, 15) is 4.79 Å². The second kappa shape index (κ2) is 10.0. The van der Waals surface area contributed by atoms with Crippen LogP contribution in [0, 0.1) is 19.8 Å². The van der Waals surface area contributed by atoms with E-state index >= 15 is 0 Å². The minimum Gasteiger partial charge on any atom is -0.497 e. The third-order valence-corrected chi connectivity index (χ3v) is 6.42. The van der Waals surface area contributed by atoms with Crippen LogP contribution >= 0.6 is 0 Å². The first-order valence-electron chi connectivity index (χ1n) is 11.4. The minimum atomic E-state index is 0.0446. The average Bonchev–Trinajstić information content (AvgIpc) is 2.82. The Kier molecular flexibility index (Phi) is 6.91. The van der Waals surface area contributed by atoms with Crippen LogP contribution < -0.4 is 10.1 Å². The van der Waals surface area contributed by atoms with Crippen molar-refractivity contribution in [3.05, 3.63) is 83.4 Å². The molecule has 1 aliphatic rings. The summed E-state index contributed by atoms with van der Waals surface area (Å²) in [7, 11) is 1.67. The van der Waals surface area contributed by atoms with Crippen molar-refractivity contribution in [2.45, 2.75) is 33.2 Å². The summed E-state index contributed by atoms with van der Waals surface area (Å²) in [4.78, 5) is 15.6. The van der Waals surface area contributed by atoms with Crippen molar-refractivity contribution in [2.24, 2.45) is 5.92 Å². The fraction of sp³-hybridized carbons (Fsp3) is 0.321. The highest BCUT2D eigenvalue weighted by Gasteiger charge is 2.25. The average molecular weight is 429 g/mol. The Labute approximate surface area is 191 Å². The molecule has 1 fully saturated rings. The quantitative estimate of drug-likeness (QED) is 0.537. The molecule has 0 bridgehead atoms. The lowest BCUT2D eigenvalue weighted by atomic mass is 9.94. The number of benzene rings is 3. The van der Waals surface area contributed by atoms with Gasteiger partial charge in [0.05, 0.1) is 7.11 Å². The number of amides is 1. The molecule has 4 heteroatoms. The molecular formula is C28H32N2O2. The van der Waals surface area contributed by atoms with Gasteiger partial charge in [0.1, 0.15) is 5.75 Å². The van der Waals surface area contributed by atoms with Gasteiger partial charge in [-0.05, 0) is 74.7 Å². The molecule has 0 radical (unpaired) electrons. The number of hydrogen-bond acceptors (Lipinski definition) is 3. The molecule has 1 aliphatic heterocycles. The number of rotatable bonds is 6. The fourth-order valence-corrected chi connectivity index (χ4v) is 4.43. The third kappa shape index (κ3) is 5.20. The zero-order valence-electron chi connectivity index (χ0n) is 19.2. The van der Waals surface area contributed by atoms with Crippen LogP contribution in [0.25, 0.3) is 11.1 Å². The van der Waals surface area contributed by atoms with Crippen molar-refractivity contribution in [1.29, 1.82) is 0 Å². The lowest BCUT2D eigenvalue weighted by molar-refractivity contribution is -0.121. The van der Waals surface area contributed by atoms with E-state index < -0.39 is 0 Å². The number of aryl methyl sites for hydroxylation is 2. The van der Waals surface area contributed by atoms with E-state index in [1.165, 1.54) is 16.7 Å². The smallest absolute Gasteiger partial charge is 0.227 e. The Morgan fingerprint density at radius 3 is 2.56 bits per heavy atom. The molecule has 1 N–H and O–H groups in total. The number of likely N-dealkylation sites (tertiary alicyclic amines) is 1. The molecule has 4 rings (SSSR count). The number of carbonyl (C=O) groups excluding carboxylic acids is 1. The van der Waals surface area contributed by atoms with Gasteiger partial charge in [-0.1, -0.05) is 54.1 Å². The van der Waals surface area contributed by atoms with E-state index in [0.29, 0.717) is 0 Å². The molecule has 4 nitrogen and oxygen atoms in total. The number of para-hydroxylation sites is 1. The molecule has 3 aromatic rings. The maximum atomic E-state index is 13.1. The molecule has 0 aliphatic carbocycles. The molecule has 0 saturated carbocycles. The molecule has 0 atom stereocenters. The highest BCUT2D eigenvalue weighted by atomic mass is 16.5. The highest BCUT2D eigenvalue weighted by molar-refractivity contribution is 5.96. The maximum absolute atomic E-state index is 13.1. The zero-order valence-corrected chi connectivity index (χ0v) is 19.2. The number of piperidine rings is 1. The third-order valence-electron chi connectivity index (χ3n) is 6.42. The van der Waals surface area contributed by atoms with Crippen LogP contribution in [0.3, 0.4) is 0 Å². The van der Waals surface area contributed by atoms with Crippen LogP contribution in [0.2, 0.25) is 0 Å². The first kappa shape index (κ1) is 22.1. The van der Waals surface area contributed by atoms with Gasteiger partial charge in [-0.3, -0.25) is 9.69 Å². The number of carbonyl (C=O) groups is 1. The number of ether oxygens (including phenoxy) is 1. The molecule has 1 heterocycles. The van der Waals surface area contributed by atoms with Gasteiger partial charge in [-0.25, -0.2) is 0 Å². The van der Waals surface area contributed by atoms with Crippen molar-refractivity contribution in [3.63, 3.8) is 0 Å². The predicted molar refractivity (Wildman–Crippen MR) is 131 cm³/mol. The number of hydrogen-bond donors (Lipinski definition) is 1. The van der Waals surface area contributed by atoms with E-state index in [1.54, 1.807) is 7.11 Å². The van der Waals surface area contributed by atoms with E-state index in [1.807, 2.05) is 48.5 Å². The summed E-state index contributed by atoms with van der Waals surface area (Å²) in [6, 6.07) is 22.6. The van der Waals surface area contributed by atoms with Crippen LogP contribution in [-0.4, -0.2) is 31.0 Å². The van der Waals surface area contributed by atoms with E-state index in [-0.39, 0.29) is 11.8 Å². The Bertz CT molecular complexity index is 1080. The van der Waals surface area contributed by atoms with Gasteiger partial charge >= 0.3 is 0 Å². The SMILES string of the molecule is COc1cccc(-c2ccccc2NC(=O)C2CCN(Cc3cc(C)ccc3C)CC2)c1. The number of nitrogens with one attached hydrogen (secondary N) is 1. The second-order valence-electron chi connectivity index (χ2n) is 8.75. The number of methoxy groups -OCH3 is 1. The summed E-state index contributed by atoms with van der Waals surface area (Å²) in [5.41, 5.74) is 6.92. The largest absolute Gasteiger partial charge is 0.497 e. The number of anilines is 1. The summed E-state index contributed by atoms with van der Waals surface area (Å²) in [6.07, 6.45) is 1.77. The van der Waals surface area contributed by atoms with E-state index in [2.05, 4.69) is 42.3 Å². The fourth-order valence-electron chi connectivity index (χ4n) is 4.43. The standard InChI is InChI=1S/C28H32N2O2/c1-20-11-12-21(2)24(17-20)19-30-15-13-22(14-16-30)28(31)29-27-10-5-4-9-26(27)23-7-6-8-25(18-23)32-3/h4-12,17-18,22H,13-16,19H2,1-3H3,(H,29,31). The Hall–Kier alpha value is -3.11. The Morgan fingerprint density at radius 1 is 1.00 bits per heavy atom. The number of nitrogens with zero attached hydrogens (tertiary/aromatic N) is 1. The van der Waals surface area contributed by atoms with Crippen LogP contribution in [0.5, 0.6) is 5.75 Å². The van der Waals surface area contributed by atoms with Crippen LogP contribution in [0.4, 0.5) is 5.69 Å². The molecule has 1 amide bonds. The van der Waals surface area contributed by atoms with Gasteiger partial charge in [0, 0.05) is 23.7 Å². The van der Waals surface area contributed by atoms with E-state index in [4.69, 9.17) is 4.74 Å². The van der Waals surface area contributed by atoms with Crippen LogP contribution in [-0.2, 0) is 11.3 Å². The minimum absolute atomic E-state index is 0.0446. The van der Waals surface area contributed by atoms with Gasteiger partial charge < -0.3 is 10.1 Å². The van der Waals surface area contributed by atoms with Gasteiger partial charge in [0.2, 0.25) is 5.91 Å². The van der Waals surface area contributed by atoms with Crippen molar-refractivity contribution in [3.8, 4) is 16.9 Å². The molecule has 0 aromatic heterocycles. The maximum Gasteiger partial charge on any atom is 0.227 e. The first-order chi connectivity index (χ1) is 15.5. The van der Waals surface area contributed by atoms with Gasteiger partial charge in [-0.15, -0.1) is 0 Å². The van der Waals surface area contributed by atoms with E-state index in [0.717, 1.165) is 55.0 Å². The first-order valence-corrected chi connectivity index (χ1v) is 11.4. The molecule has 1 saturated heterocycles. The van der Waals surface area contributed by atoms with Crippen LogP contribution in [0.1, 0.15) is 29.5 Å². The molecule has 0 spiro atoms.